The molecule has 5 nitrogen and oxygen atoms in total. The van der Waals surface area contributed by atoms with Crippen molar-refractivity contribution in [3.05, 3.63) is 22.8 Å². The Hall–Kier alpha value is -1.49. The molecule has 2 rings (SSSR count). The Balaban J connectivity index is 2.17. The van der Waals surface area contributed by atoms with Gasteiger partial charge in [-0.15, -0.1) is 0 Å². The second kappa shape index (κ2) is 5.91. The Morgan fingerprint density at radius 3 is 2.83 bits per heavy atom. The summed E-state index contributed by atoms with van der Waals surface area (Å²) < 4.78 is 5.79. The number of amidine groups is 1. The van der Waals surface area contributed by atoms with Crippen molar-refractivity contribution in [1.82, 2.24) is 4.98 Å². The molecule has 3 N–H and O–H groups in total. The van der Waals surface area contributed by atoms with E-state index >= 15 is 0 Å². The summed E-state index contributed by atoms with van der Waals surface area (Å²) in [6.07, 6.45) is 7.33. The number of nitrogens with two attached hydrogens (primary N) is 1. The molecule has 1 saturated carbocycles. The lowest BCUT2D eigenvalue weighted by Gasteiger charge is -2.23. The first-order valence-corrected chi connectivity index (χ1v) is 6.39. The summed E-state index contributed by atoms with van der Waals surface area (Å²) >= 11 is 6.14. The first-order chi connectivity index (χ1) is 8.72. The summed E-state index contributed by atoms with van der Waals surface area (Å²) in [5.74, 6) is 0.309. The van der Waals surface area contributed by atoms with Crippen LogP contribution in [0.2, 0.25) is 5.02 Å². The molecule has 0 spiro atoms. The summed E-state index contributed by atoms with van der Waals surface area (Å²) in [5, 5.41) is 11.9. The average molecular weight is 270 g/mol. The minimum absolute atomic E-state index is 0.0455. The van der Waals surface area contributed by atoms with Gasteiger partial charge in [0.25, 0.3) is 0 Å². The Morgan fingerprint density at radius 2 is 2.17 bits per heavy atom. The van der Waals surface area contributed by atoms with Gasteiger partial charge in [-0.2, -0.15) is 0 Å². The molecule has 0 unspecified atom stereocenters. The number of pyridine rings is 1. The molecule has 1 fully saturated rings. The van der Waals surface area contributed by atoms with Crippen LogP contribution in [-0.2, 0) is 0 Å². The molecule has 98 valence electrons. The van der Waals surface area contributed by atoms with Gasteiger partial charge < -0.3 is 15.7 Å². The van der Waals surface area contributed by atoms with Crippen LogP contribution >= 0.6 is 11.6 Å². The second-order valence-electron chi connectivity index (χ2n) is 4.34. The topological polar surface area (TPSA) is 80.7 Å². The van der Waals surface area contributed by atoms with Crippen LogP contribution in [0, 0.1) is 0 Å². The van der Waals surface area contributed by atoms with E-state index in [-0.39, 0.29) is 11.9 Å². The molecule has 0 bridgehead atoms. The molecule has 0 amide bonds. The van der Waals surface area contributed by atoms with E-state index in [0.29, 0.717) is 16.5 Å². The summed E-state index contributed by atoms with van der Waals surface area (Å²) in [5.41, 5.74) is 5.96. The van der Waals surface area contributed by atoms with Crippen LogP contribution in [0.15, 0.2) is 17.4 Å². The zero-order valence-corrected chi connectivity index (χ0v) is 10.7. The van der Waals surface area contributed by atoms with Crippen molar-refractivity contribution in [2.45, 2.75) is 38.2 Å². The van der Waals surface area contributed by atoms with Gasteiger partial charge in [0.2, 0.25) is 5.88 Å². The fourth-order valence-electron chi connectivity index (χ4n) is 2.10. The zero-order chi connectivity index (χ0) is 13.0. The van der Waals surface area contributed by atoms with Crippen LogP contribution < -0.4 is 10.5 Å². The van der Waals surface area contributed by atoms with Gasteiger partial charge in [0, 0.05) is 11.8 Å². The van der Waals surface area contributed by atoms with Gasteiger partial charge in [0.15, 0.2) is 5.84 Å². The SMILES string of the molecule is N/C(=N/O)c1ccnc(OC2CCCCC2)c1Cl. The molecule has 1 aromatic rings. The number of hydrogen-bond acceptors (Lipinski definition) is 4. The number of oxime groups is 1. The highest BCUT2D eigenvalue weighted by molar-refractivity contribution is 6.35. The third-order valence-corrected chi connectivity index (χ3v) is 3.44. The number of ether oxygens (including phenoxy) is 1. The van der Waals surface area contributed by atoms with Gasteiger partial charge in [0.05, 0.1) is 0 Å². The lowest BCUT2D eigenvalue weighted by Crippen LogP contribution is -2.21. The van der Waals surface area contributed by atoms with Crippen molar-refractivity contribution in [2.24, 2.45) is 10.9 Å². The van der Waals surface area contributed by atoms with E-state index in [0.717, 1.165) is 12.8 Å². The molecule has 1 heterocycles. The number of aromatic nitrogens is 1. The minimum Gasteiger partial charge on any atom is -0.473 e. The van der Waals surface area contributed by atoms with Gasteiger partial charge in [-0.3, -0.25) is 0 Å². The molecule has 0 aromatic carbocycles. The number of nitrogens with zero attached hydrogens (tertiary/aromatic N) is 2. The van der Waals surface area contributed by atoms with E-state index in [1.807, 2.05) is 0 Å². The van der Waals surface area contributed by atoms with Gasteiger partial charge in [-0.05, 0) is 31.7 Å². The average Bonchev–Trinajstić information content (AvgIpc) is 2.41. The third-order valence-electron chi connectivity index (χ3n) is 3.07. The van der Waals surface area contributed by atoms with E-state index in [1.54, 1.807) is 6.07 Å². The normalized spacial score (nSPS) is 17.7. The molecule has 1 aliphatic carbocycles. The fourth-order valence-corrected chi connectivity index (χ4v) is 2.35. The first kappa shape index (κ1) is 13.0. The highest BCUT2D eigenvalue weighted by Gasteiger charge is 2.19. The number of rotatable bonds is 3. The summed E-state index contributed by atoms with van der Waals surface area (Å²) in [4.78, 5) is 4.10. The van der Waals surface area contributed by atoms with Crippen LogP contribution in [0.1, 0.15) is 37.7 Å². The van der Waals surface area contributed by atoms with Crippen molar-refractivity contribution in [1.29, 1.82) is 0 Å². The highest BCUT2D eigenvalue weighted by Crippen LogP contribution is 2.29. The van der Waals surface area contributed by atoms with Crippen molar-refractivity contribution in [3.8, 4) is 5.88 Å². The molecule has 6 heteroatoms. The van der Waals surface area contributed by atoms with Gasteiger partial charge in [-0.25, -0.2) is 4.98 Å². The van der Waals surface area contributed by atoms with Crippen LogP contribution in [0.4, 0.5) is 0 Å². The molecule has 1 aliphatic rings. The van der Waals surface area contributed by atoms with Crippen LogP contribution in [-0.4, -0.2) is 22.1 Å². The Bertz CT molecular complexity index is 445. The van der Waals surface area contributed by atoms with E-state index in [9.17, 15) is 0 Å². The monoisotopic (exact) mass is 269 g/mol. The summed E-state index contributed by atoms with van der Waals surface area (Å²) in [7, 11) is 0. The maximum atomic E-state index is 8.67. The quantitative estimate of drug-likeness (QED) is 0.382. The van der Waals surface area contributed by atoms with Crippen LogP contribution in [0.3, 0.4) is 0 Å². The van der Waals surface area contributed by atoms with E-state index < -0.39 is 0 Å². The predicted molar refractivity (Wildman–Crippen MR) is 69.3 cm³/mol. The molecular weight excluding hydrogens is 254 g/mol. The zero-order valence-electron chi connectivity index (χ0n) is 9.97. The molecule has 18 heavy (non-hydrogen) atoms. The minimum atomic E-state index is -0.0455. The van der Waals surface area contributed by atoms with Gasteiger partial charge in [0.1, 0.15) is 11.1 Å². The third kappa shape index (κ3) is 2.85. The number of hydrogen-bond donors (Lipinski definition) is 2. The van der Waals surface area contributed by atoms with E-state index in [1.165, 1.54) is 25.5 Å². The maximum Gasteiger partial charge on any atom is 0.233 e. The molecule has 0 aliphatic heterocycles. The Labute approximate surface area is 111 Å². The Kier molecular flexibility index (Phi) is 4.25. The van der Waals surface area contributed by atoms with Crippen LogP contribution in [0.5, 0.6) is 5.88 Å². The maximum absolute atomic E-state index is 8.67. The highest BCUT2D eigenvalue weighted by atomic mass is 35.5. The largest absolute Gasteiger partial charge is 0.473 e. The van der Waals surface area contributed by atoms with Crippen LogP contribution in [0.25, 0.3) is 0 Å². The van der Waals surface area contributed by atoms with Crippen molar-refractivity contribution < 1.29 is 9.94 Å². The van der Waals surface area contributed by atoms with Gasteiger partial charge in [-0.1, -0.05) is 23.2 Å². The number of halogens is 1. The lowest BCUT2D eigenvalue weighted by molar-refractivity contribution is 0.149. The summed E-state index contributed by atoms with van der Waals surface area (Å²) in [6.45, 7) is 0. The molecular formula is C12H16ClN3O2. The molecule has 1 aromatic heterocycles. The smallest absolute Gasteiger partial charge is 0.233 e. The second-order valence-corrected chi connectivity index (χ2v) is 4.72. The fraction of sp³-hybridized carbons (Fsp3) is 0.500. The van der Waals surface area contributed by atoms with Crippen molar-refractivity contribution >= 4 is 17.4 Å². The predicted octanol–water partition coefficient (Wildman–Crippen LogP) is 2.54. The van der Waals surface area contributed by atoms with Gasteiger partial charge >= 0.3 is 0 Å². The first-order valence-electron chi connectivity index (χ1n) is 6.01. The molecule has 0 saturated heterocycles. The summed E-state index contributed by atoms with van der Waals surface area (Å²) in [6, 6.07) is 1.59. The van der Waals surface area contributed by atoms with E-state index in [4.69, 9.17) is 27.3 Å². The van der Waals surface area contributed by atoms with E-state index in [2.05, 4.69) is 10.1 Å². The Morgan fingerprint density at radius 1 is 1.44 bits per heavy atom. The molecule has 0 radical (unpaired) electrons. The molecule has 0 atom stereocenters. The lowest BCUT2D eigenvalue weighted by atomic mass is 9.98. The van der Waals surface area contributed by atoms with Crippen molar-refractivity contribution in [3.63, 3.8) is 0 Å². The van der Waals surface area contributed by atoms with Crippen molar-refractivity contribution in [2.75, 3.05) is 0 Å². The standard InChI is InChI=1S/C12H16ClN3O2/c13-10-9(11(14)16-17)6-7-15-12(10)18-8-4-2-1-3-5-8/h6-8,17H,1-5H2,(H2,14,16).